The van der Waals surface area contributed by atoms with Crippen LogP contribution in [0.1, 0.15) is 28.9 Å². The highest BCUT2D eigenvalue weighted by molar-refractivity contribution is 6.30. The summed E-state index contributed by atoms with van der Waals surface area (Å²) < 4.78 is 1.74. The van der Waals surface area contributed by atoms with Gasteiger partial charge in [0.1, 0.15) is 0 Å². The number of amides is 1. The molecule has 2 aliphatic rings. The largest absolute Gasteiger partial charge is 0.338 e. The van der Waals surface area contributed by atoms with Gasteiger partial charge in [0.05, 0.1) is 16.9 Å². The maximum absolute atomic E-state index is 12.9. The van der Waals surface area contributed by atoms with Gasteiger partial charge in [-0.05, 0) is 55.9 Å². The number of nitrogens with two attached hydrogens (primary N) is 1. The Morgan fingerprint density at radius 3 is 2.64 bits per heavy atom. The summed E-state index contributed by atoms with van der Waals surface area (Å²) in [5.74, 6) is 1.09. The van der Waals surface area contributed by atoms with Crippen molar-refractivity contribution in [2.24, 2.45) is 17.6 Å². The van der Waals surface area contributed by atoms with E-state index < -0.39 is 0 Å². The summed E-state index contributed by atoms with van der Waals surface area (Å²) in [5, 5.41) is 5.17. The van der Waals surface area contributed by atoms with Gasteiger partial charge < -0.3 is 10.6 Å². The molecule has 3 unspecified atom stereocenters. The molecule has 3 atom stereocenters. The van der Waals surface area contributed by atoms with E-state index in [-0.39, 0.29) is 24.4 Å². The molecule has 1 aliphatic heterocycles. The Morgan fingerprint density at radius 2 is 1.96 bits per heavy atom. The Bertz CT molecular complexity index is 774. The zero-order valence-electron chi connectivity index (χ0n) is 14.1. The minimum atomic E-state index is 0. The summed E-state index contributed by atoms with van der Waals surface area (Å²) in [6.45, 7) is 3.47. The van der Waals surface area contributed by atoms with Crippen molar-refractivity contribution in [3.8, 4) is 5.69 Å². The van der Waals surface area contributed by atoms with Crippen LogP contribution in [0.15, 0.2) is 30.5 Å². The Labute approximate surface area is 158 Å². The fourth-order valence-corrected chi connectivity index (χ4v) is 4.17. The number of aryl methyl sites for hydroxylation is 1. The summed E-state index contributed by atoms with van der Waals surface area (Å²) in [5.41, 5.74) is 8.48. The predicted octanol–water partition coefficient (Wildman–Crippen LogP) is 3.07. The molecular formula is C18H22Cl2N4O. The maximum Gasteiger partial charge on any atom is 0.257 e. The summed E-state index contributed by atoms with van der Waals surface area (Å²) in [4.78, 5) is 14.9. The van der Waals surface area contributed by atoms with E-state index in [1.165, 1.54) is 0 Å². The van der Waals surface area contributed by atoms with E-state index in [0.29, 0.717) is 22.4 Å². The van der Waals surface area contributed by atoms with Gasteiger partial charge in [0.2, 0.25) is 0 Å². The molecular weight excluding hydrogens is 359 g/mol. The van der Waals surface area contributed by atoms with Crippen LogP contribution in [0.2, 0.25) is 5.02 Å². The highest BCUT2D eigenvalue weighted by Crippen LogP contribution is 2.37. The first-order valence-electron chi connectivity index (χ1n) is 8.40. The standard InChI is InChI=1S/C18H21ClN4O.ClH/c1-11-15(10-23(21-11)14-5-3-13(19)4-6-14)18(24)22-8-12-2-7-17(20)16(12)9-22;/h3-6,10,12,16-17H,2,7-9,20H2,1H3;1H. The predicted molar refractivity (Wildman–Crippen MR) is 101 cm³/mol. The van der Waals surface area contributed by atoms with Gasteiger partial charge >= 0.3 is 0 Å². The van der Waals surface area contributed by atoms with Gasteiger partial charge in [0.15, 0.2) is 0 Å². The molecule has 1 aromatic carbocycles. The Morgan fingerprint density at radius 1 is 1.24 bits per heavy atom. The van der Waals surface area contributed by atoms with Crippen molar-refractivity contribution in [3.63, 3.8) is 0 Å². The molecule has 5 nitrogen and oxygen atoms in total. The van der Waals surface area contributed by atoms with Crippen LogP contribution >= 0.6 is 24.0 Å². The van der Waals surface area contributed by atoms with Crippen LogP contribution < -0.4 is 5.73 Å². The third-order valence-electron chi connectivity index (χ3n) is 5.42. The van der Waals surface area contributed by atoms with Crippen LogP contribution in [-0.4, -0.2) is 39.7 Å². The Balaban J connectivity index is 0.00000182. The van der Waals surface area contributed by atoms with Gasteiger partial charge in [0.25, 0.3) is 5.91 Å². The van der Waals surface area contributed by atoms with Crippen LogP contribution in [-0.2, 0) is 0 Å². The van der Waals surface area contributed by atoms with Crippen molar-refractivity contribution in [2.75, 3.05) is 13.1 Å². The molecule has 1 aromatic heterocycles. The minimum absolute atomic E-state index is 0. The molecule has 134 valence electrons. The van der Waals surface area contributed by atoms with Gasteiger partial charge in [-0.15, -0.1) is 12.4 Å². The molecule has 0 spiro atoms. The van der Waals surface area contributed by atoms with E-state index in [1.54, 1.807) is 4.68 Å². The number of nitrogens with zero attached hydrogens (tertiary/aromatic N) is 3. The van der Waals surface area contributed by atoms with E-state index in [2.05, 4.69) is 5.10 Å². The highest BCUT2D eigenvalue weighted by atomic mass is 35.5. The number of fused-ring (bicyclic) bond motifs is 1. The first kappa shape index (κ1) is 18.2. The van der Waals surface area contributed by atoms with Crippen molar-refractivity contribution < 1.29 is 4.79 Å². The van der Waals surface area contributed by atoms with Crippen molar-refractivity contribution >= 4 is 29.9 Å². The molecule has 7 heteroatoms. The first-order chi connectivity index (χ1) is 11.5. The van der Waals surface area contributed by atoms with Crippen LogP contribution in [0, 0.1) is 18.8 Å². The summed E-state index contributed by atoms with van der Waals surface area (Å²) >= 11 is 5.93. The zero-order valence-corrected chi connectivity index (χ0v) is 15.6. The summed E-state index contributed by atoms with van der Waals surface area (Å²) in [6, 6.07) is 7.66. The van der Waals surface area contributed by atoms with E-state index >= 15 is 0 Å². The molecule has 2 N–H and O–H groups in total. The molecule has 1 saturated carbocycles. The van der Waals surface area contributed by atoms with Crippen LogP contribution in [0.25, 0.3) is 5.69 Å². The molecule has 2 heterocycles. The molecule has 0 radical (unpaired) electrons. The molecule has 1 aliphatic carbocycles. The molecule has 4 rings (SSSR count). The average Bonchev–Trinajstić information content (AvgIpc) is 3.24. The molecule has 1 amide bonds. The smallest absolute Gasteiger partial charge is 0.257 e. The number of carbonyl (C=O) groups is 1. The zero-order chi connectivity index (χ0) is 16.8. The fraction of sp³-hybridized carbons (Fsp3) is 0.444. The number of carbonyl (C=O) groups excluding carboxylic acids is 1. The first-order valence-corrected chi connectivity index (χ1v) is 8.78. The van der Waals surface area contributed by atoms with Crippen molar-refractivity contribution in [1.82, 2.24) is 14.7 Å². The van der Waals surface area contributed by atoms with Crippen molar-refractivity contribution in [1.29, 1.82) is 0 Å². The van der Waals surface area contributed by atoms with Gasteiger partial charge in [-0.2, -0.15) is 5.10 Å². The van der Waals surface area contributed by atoms with Crippen LogP contribution in [0.3, 0.4) is 0 Å². The van der Waals surface area contributed by atoms with E-state index in [4.69, 9.17) is 17.3 Å². The Kier molecular flexibility index (Phi) is 5.09. The van der Waals surface area contributed by atoms with Gasteiger partial charge in [-0.3, -0.25) is 4.79 Å². The summed E-state index contributed by atoms with van der Waals surface area (Å²) in [7, 11) is 0. The normalized spacial score (nSPS) is 24.9. The molecule has 2 aromatic rings. The second-order valence-corrected chi connectivity index (χ2v) is 7.36. The highest BCUT2D eigenvalue weighted by Gasteiger charge is 2.42. The lowest BCUT2D eigenvalue weighted by atomic mass is 9.98. The second kappa shape index (κ2) is 6.98. The quantitative estimate of drug-likeness (QED) is 0.870. The second-order valence-electron chi connectivity index (χ2n) is 6.92. The lowest BCUT2D eigenvalue weighted by Gasteiger charge is -2.18. The van der Waals surface area contributed by atoms with Gasteiger partial charge in [0, 0.05) is 30.4 Å². The number of benzene rings is 1. The molecule has 25 heavy (non-hydrogen) atoms. The topological polar surface area (TPSA) is 64.2 Å². The maximum atomic E-state index is 12.9. The molecule has 0 bridgehead atoms. The van der Waals surface area contributed by atoms with Crippen LogP contribution in [0.4, 0.5) is 0 Å². The lowest BCUT2D eigenvalue weighted by molar-refractivity contribution is 0.0779. The number of aromatic nitrogens is 2. The SMILES string of the molecule is Cc1nn(-c2ccc(Cl)cc2)cc1C(=O)N1CC2CCC(N)C2C1.Cl. The molecule has 1 saturated heterocycles. The number of likely N-dealkylation sites (tertiary alicyclic amines) is 1. The number of rotatable bonds is 2. The van der Waals surface area contributed by atoms with Crippen LogP contribution in [0.5, 0.6) is 0 Å². The number of hydrogen-bond donors (Lipinski definition) is 1. The van der Waals surface area contributed by atoms with E-state index in [1.807, 2.05) is 42.3 Å². The minimum Gasteiger partial charge on any atom is -0.338 e. The van der Waals surface area contributed by atoms with Gasteiger partial charge in [-0.25, -0.2) is 4.68 Å². The van der Waals surface area contributed by atoms with Crippen molar-refractivity contribution in [2.45, 2.75) is 25.8 Å². The fourth-order valence-electron chi connectivity index (χ4n) is 4.04. The van der Waals surface area contributed by atoms with E-state index in [0.717, 1.165) is 37.3 Å². The third kappa shape index (κ3) is 3.28. The number of halogens is 2. The average molecular weight is 381 g/mol. The Hall–Kier alpha value is -1.56. The lowest BCUT2D eigenvalue weighted by Crippen LogP contribution is -2.33. The van der Waals surface area contributed by atoms with Crippen molar-refractivity contribution in [3.05, 3.63) is 46.7 Å². The molecule has 2 fully saturated rings. The van der Waals surface area contributed by atoms with Gasteiger partial charge in [-0.1, -0.05) is 11.6 Å². The third-order valence-corrected chi connectivity index (χ3v) is 5.67. The number of hydrogen-bond acceptors (Lipinski definition) is 3. The monoisotopic (exact) mass is 380 g/mol. The van der Waals surface area contributed by atoms with E-state index in [9.17, 15) is 4.79 Å². The summed E-state index contributed by atoms with van der Waals surface area (Å²) in [6.07, 6.45) is 4.04.